The number of methoxy groups -OCH3 is 1. The fraction of sp³-hybridized carbons (Fsp3) is 0.462. The van der Waals surface area contributed by atoms with Crippen molar-refractivity contribution in [2.24, 2.45) is 5.73 Å². The smallest absolute Gasteiger partial charge is 0.339 e. The van der Waals surface area contributed by atoms with Crippen molar-refractivity contribution in [3.8, 4) is 0 Å². The van der Waals surface area contributed by atoms with Crippen molar-refractivity contribution in [3.63, 3.8) is 0 Å². The summed E-state index contributed by atoms with van der Waals surface area (Å²) in [4.78, 5) is 11.7. The van der Waals surface area contributed by atoms with E-state index in [1.807, 2.05) is 12.1 Å². The number of nitrogens with one attached hydrogen (secondary N) is 1. The van der Waals surface area contributed by atoms with Crippen LogP contribution in [0.4, 0.5) is 5.69 Å². The molecular weight excluding hydrogens is 232 g/mol. The third-order valence-corrected chi connectivity index (χ3v) is 3.71. The molecule has 5 heteroatoms. The van der Waals surface area contributed by atoms with E-state index in [0.29, 0.717) is 18.7 Å². The van der Waals surface area contributed by atoms with Gasteiger partial charge in [-0.05, 0) is 11.6 Å². The van der Waals surface area contributed by atoms with Crippen LogP contribution in [-0.4, -0.2) is 38.4 Å². The molecule has 2 aliphatic heterocycles. The average Bonchev–Trinajstić information content (AvgIpc) is 2.79. The number of anilines is 1. The Bertz CT molecular complexity index is 489. The summed E-state index contributed by atoms with van der Waals surface area (Å²) in [6.45, 7) is 1.25. The van der Waals surface area contributed by atoms with Crippen molar-refractivity contribution in [2.45, 2.75) is 18.1 Å². The first-order valence-electron chi connectivity index (χ1n) is 6.04. The largest absolute Gasteiger partial charge is 0.465 e. The molecule has 3 N–H and O–H groups in total. The Hall–Kier alpha value is -1.59. The van der Waals surface area contributed by atoms with E-state index in [9.17, 15) is 4.79 Å². The predicted octanol–water partition coefficient (Wildman–Crippen LogP) is 0.708. The fourth-order valence-corrected chi connectivity index (χ4v) is 2.86. The maximum atomic E-state index is 11.7. The van der Waals surface area contributed by atoms with Gasteiger partial charge in [0.1, 0.15) is 0 Å². The van der Waals surface area contributed by atoms with Gasteiger partial charge in [-0.3, -0.25) is 0 Å². The van der Waals surface area contributed by atoms with E-state index in [4.69, 9.17) is 15.2 Å². The number of nitrogens with two attached hydrogens (primary N) is 1. The first-order valence-corrected chi connectivity index (χ1v) is 6.04. The highest BCUT2D eigenvalue weighted by atomic mass is 16.5. The van der Waals surface area contributed by atoms with Crippen LogP contribution in [0.3, 0.4) is 0 Å². The Morgan fingerprint density at radius 3 is 3.17 bits per heavy atom. The first kappa shape index (κ1) is 11.5. The van der Waals surface area contributed by atoms with Gasteiger partial charge in [0.15, 0.2) is 0 Å². The normalized spacial score (nSPS) is 29.1. The number of rotatable bonds is 1. The number of ether oxygens (including phenoxy) is 2. The van der Waals surface area contributed by atoms with E-state index in [1.165, 1.54) is 7.11 Å². The number of esters is 1. The molecular formula is C13H16N2O3. The lowest BCUT2D eigenvalue weighted by molar-refractivity contribution is 0.0600. The first-order chi connectivity index (χ1) is 8.72. The molecule has 2 aliphatic rings. The molecule has 0 amide bonds. The zero-order chi connectivity index (χ0) is 12.7. The molecule has 1 saturated heterocycles. The molecule has 1 aromatic carbocycles. The van der Waals surface area contributed by atoms with E-state index < -0.39 is 0 Å². The van der Waals surface area contributed by atoms with Gasteiger partial charge in [-0.2, -0.15) is 0 Å². The summed E-state index contributed by atoms with van der Waals surface area (Å²) >= 11 is 0. The monoisotopic (exact) mass is 248 g/mol. The summed E-state index contributed by atoms with van der Waals surface area (Å²) in [5.74, 6) is -0.170. The molecule has 0 aromatic heterocycles. The Labute approximate surface area is 105 Å². The molecule has 0 spiro atoms. The van der Waals surface area contributed by atoms with Gasteiger partial charge in [0.05, 0.1) is 31.1 Å². The maximum absolute atomic E-state index is 11.7. The van der Waals surface area contributed by atoms with E-state index in [1.54, 1.807) is 6.07 Å². The van der Waals surface area contributed by atoms with Crippen molar-refractivity contribution >= 4 is 11.7 Å². The third kappa shape index (κ3) is 1.59. The van der Waals surface area contributed by atoms with Crippen molar-refractivity contribution in [2.75, 3.05) is 25.6 Å². The Morgan fingerprint density at radius 1 is 1.56 bits per heavy atom. The molecule has 0 aliphatic carbocycles. The topological polar surface area (TPSA) is 73.6 Å². The zero-order valence-electron chi connectivity index (χ0n) is 10.2. The van der Waals surface area contributed by atoms with Gasteiger partial charge in [0.2, 0.25) is 0 Å². The third-order valence-electron chi connectivity index (χ3n) is 3.71. The summed E-state index contributed by atoms with van der Waals surface area (Å²) in [7, 11) is 1.39. The van der Waals surface area contributed by atoms with Crippen LogP contribution in [0.1, 0.15) is 21.8 Å². The minimum atomic E-state index is -0.328. The molecule has 3 unspecified atom stereocenters. The van der Waals surface area contributed by atoms with E-state index in [-0.39, 0.29) is 24.0 Å². The second kappa shape index (κ2) is 4.26. The Balaban J connectivity index is 2.07. The molecule has 3 rings (SSSR count). The molecule has 96 valence electrons. The average molecular weight is 248 g/mol. The molecule has 0 radical (unpaired) electrons. The summed E-state index contributed by atoms with van der Waals surface area (Å²) in [6, 6.07) is 5.61. The van der Waals surface area contributed by atoms with Gasteiger partial charge in [-0.15, -0.1) is 0 Å². The van der Waals surface area contributed by atoms with Crippen molar-refractivity contribution in [3.05, 3.63) is 29.3 Å². The molecule has 5 nitrogen and oxygen atoms in total. The van der Waals surface area contributed by atoms with Gasteiger partial charge in [-0.1, -0.05) is 12.1 Å². The zero-order valence-corrected chi connectivity index (χ0v) is 10.2. The van der Waals surface area contributed by atoms with Gasteiger partial charge in [-0.25, -0.2) is 4.79 Å². The lowest BCUT2D eigenvalue weighted by Gasteiger charge is -2.31. The van der Waals surface area contributed by atoms with Crippen LogP contribution in [0.15, 0.2) is 18.2 Å². The molecule has 0 bridgehead atoms. The van der Waals surface area contributed by atoms with Crippen molar-refractivity contribution in [1.29, 1.82) is 0 Å². The molecule has 18 heavy (non-hydrogen) atoms. The number of hydrogen-bond donors (Lipinski definition) is 2. The van der Waals surface area contributed by atoms with Crippen LogP contribution in [-0.2, 0) is 9.47 Å². The Morgan fingerprint density at radius 2 is 2.39 bits per heavy atom. The minimum Gasteiger partial charge on any atom is -0.465 e. The van der Waals surface area contributed by atoms with Gasteiger partial charge < -0.3 is 20.5 Å². The summed E-state index contributed by atoms with van der Waals surface area (Å²) in [5.41, 5.74) is 8.55. The number of carbonyl (C=O) groups excluding carboxylic acids is 1. The number of fused-ring (bicyclic) bond motifs is 3. The molecule has 3 atom stereocenters. The van der Waals surface area contributed by atoms with E-state index in [0.717, 1.165) is 11.3 Å². The van der Waals surface area contributed by atoms with Crippen LogP contribution in [0, 0.1) is 0 Å². The second-order valence-corrected chi connectivity index (χ2v) is 4.70. The van der Waals surface area contributed by atoms with Crippen molar-refractivity contribution in [1.82, 2.24) is 0 Å². The standard InChI is InChI=1S/C13H16N2O3/c1-17-13(16)8-4-2-3-7-11-9(14)6-18-10(11)5-15-12(7)8/h2-4,9-11,15H,5-6,14H2,1H3. The number of carbonyl (C=O) groups is 1. The van der Waals surface area contributed by atoms with Crippen LogP contribution < -0.4 is 11.1 Å². The molecule has 0 saturated carbocycles. The summed E-state index contributed by atoms with van der Waals surface area (Å²) in [5, 5.41) is 3.26. The van der Waals surface area contributed by atoms with Gasteiger partial charge in [0, 0.05) is 18.5 Å². The molecule has 1 fully saturated rings. The summed E-state index contributed by atoms with van der Waals surface area (Å²) < 4.78 is 10.4. The lowest BCUT2D eigenvalue weighted by Crippen LogP contribution is -2.37. The number of hydrogen-bond acceptors (Lipinski definition) is 5. The Kier molecular flexibility index (Phi) is 2.72. The van der Waals surface area contributed by atoms with E-state index in [2.05, 4.69) is 5.32 Å². The highest BCUT2D eigenvalue weighted by molar-refractivity contribution is 5.96. The molecule has 2 heterocycles. The van der Waals surface area contributed by atoms with E-state index >= 15 is 0 Å². The SMILES string of the molecule is COC(=O)c1cccc2c1NCC1OCC(N)C21. The van der Waals surface area contributed by atoms with Gasteiger partial charge in [0.25, 0.3) is 0 Å². The maximum Gasteiger partial charge on any atom is 0.339 e. The summed E-state index contributed by atoms with van der Waals surface area (Å²) in [6.07, 6.45) is 0.0976. The second-order valence-electron chi connectivity index (χ2n) is 4.70. The number of benzene rings is 1. The fourth-order valence-electron chi connectivity index (χ4n) is 2.86. The minimum absolute atomic E-state index is 0.0104. The lowest BCUT2D eigenvalue weighted by atomic mass is 9.84. The predicted molar refractivity (Wildman–Crippen MR) is 66.7 cm³/mol. The van der Waals surface area contributed by atoms with Crippen LogP contribution in [0.5, 0.6) is 0 Å². The van der Waals surface area contributed by atoms with Crippen molar-refractivity contribution < 1.29 is 14.3 Å². The van der Waals surface area contributed by atoms with Crippen LogP contribution in [0.25, 0.3) is 0 Å². The van der Waals surface area contributed by atoms with Crippen LogP contribution in [0.2, 0.25) is 0 Å². The van der Waals surface area contributed by atoms with Crippen LogP contribution >= 0.6 is 0 Å². The molecule has 1 aromatic rings. The highest BCUT2D eigenvalue weighted by Gasteiger charge is 2.40. The highest BCUT2D eigenvalue weighted by Crippen LogP contribution is 2.40. The number of para-hydroxylation sites is 1. The quantitative estimate of drug-likeness (QED) is 0.716. The van der Waals surface area contributed by atoms with Gasteiger partial charge >= 0.3 is 5.97 Å².